The van der Waals surface area contributed by atoms with Gasteiger partial charge in [-0.3, -0.25) is 9.63 Å². The second-order valence-electron chi connectivity index (χ2n) is 2.20. The smallest absolute Gasteiger partial charge is 0.277 e. The number of halogens is 1. The predicted molar refractivity (Wildman–Crippen MR) is 51.2 cm³/mol. The number of nitrogens with one attached hydrogen (secondary N) is 1. The maximum Gasteiger partial charge on any atom is 0.284 e. The van der Waals surface area contributed by atoms with Crippen molar-refractivity contribution in [1.29, 1.82) is 0 Å². The van der Waals surface area contributed by atoms with E-state index in [1.165, 1.54) is 18.4 Å². The van der Waals surface area contributed by atoms with Crippen molar-refractivity contribution in [2.45, 2.75) is 6.92 Å². The highest BCUT2D eigenvalue weighted by Gasteiger charge is 2.09. The molecule has 0 bridgehead atoms. The van der Waals surface area contributed by atoms with Crippen molar-refractivity contribution in [1.82, 2.24) is 5.48 Å². The van der Waals surface area contributed by atoms with Gasteiger partial charge in [0.15, 0.2) is 0 Å². The van der Waals surface area contributed by atoms with Crippen molar-refractivity contribution in [3.05, 3.63) is 20.3 Å². The fourth-order valence-electron chi connectivity index (χ4n) is 0.715. The van der Waals surface area contributed by atoms with E-state index in [4.69, 9.17) is 0 Å². The van der Waals surface area contributed by atoms with Crippen molar-refractivity contribution in [3.63, 3.8) is 0 Å². The molecule has 0 unspecified atom stereocenters. The summed E-state index contributed by atoms with van der Waals surface area (Å²) in [5, 5.41) is 0. The van der Waals surface area contributed by atoms with E-state index in [9.17, 15) is 4.79 Å². The Labute approximate surface area is 82.8 Å². The van der Waals surface area contributed by atoms with Gasteiger partial charge in [-0.15, -0.1) is 11.3 Å². The minimum atomic E-state index is -0.212. The van der Waals surface area contributed by atoms with Gasteiger partial charge in [0.05, 0.1) is 15.8 Å². The predicted octanol–water partition coefficient (Wildman–Crippen LogP) is 2.11. The topological polar surface area (TPSA) is 38.3 Å². The number of rotatable bonds is 2. The maximum absolute atomic E-state index is 11.2. The van der Waals surface area contributed by atoms with Crippen LogP contribution in [0.25, 0.3) is 0 Å². The van der Waals surface area contributed by atoms with Gasteiger partial charge < -0.3 is 0 Å². The molecule has 0 aliphatic carbocycles. The highest BCUT2D eigenvalue weighted by molar-refractivity contribution is 9.11. The van der Waals surface area contributed by atoms with Gasteiger partial charge in [-0.1, -0.05) is 0 Å². The lowest BCUT2D eigenvalue weighted by molar-refractivity contribution is 0.0542. The second kappa shape index (κ2) is 4.02. The van der Waals surface area contributed by atoms with Crippen LogP contribution in [0.2, 0.25) is 0 Å². The maximum atomic E-state index is 11.2. The fourth-order valence-corrected chi connectivity index (χ4v) is 2.14. The third kappa shape index (κ3) is 2.06. The quantitative estimate of drug-likeness (QED) is 0.816. The van der Waals surface area contributed by atoms with Crippen molar-refractivity contribution < 1.29 is 9.63 Å². The molecular weight excluding hydrogens is 242 g/mol. The Morgan fingerprint density at radius 2 is 2.42 bits per heavy atom. The highest BCUT2D eigenvalue weighted by Crippen LogP contribution is 2.26. The molecule has 0 saturated heterocycles. The van der Waals surface area contributed by atoms with E-state index in [1.54, 1.807) is 0 Å². The normalized spacial score (nSPS) is 9.92. The number of amides is 1. The lowest BCUT2D eigenvalue weighted by atomic mass is 10.3. The summed E-state index contributed by atoms with van der Waals surface area (Å²) in [6.45, 7) is 1.93. The van der Waals surface area contributed by atoms with Gasteiger partial charge in [0.25, 0.3) is 5.91 Å². The third-order valence-electron chi connectivity index (χ3n) is 1.28. The van der Waals surface area contributed by atoms with E-state index in [0.717, 1.165) is 9.35 Å². The number of hydrogen-bond donors (Lipinski definition) is 1. The van der Waals surface area contributed by atoms with Gasteiger partial charge >= 0.3 is 0 Å². The van der Waals surface area contributed by atoms with Gasteiger partial charge in [0.2, 0.25) is 0 Å². The zero-order valence-electron chi connectivity index (χ0n) is 6.68. The lowest BCUT2D eigenvalue weighted by Gasteiger charge is -1.96. The first-order chi connectivity index (χ1) is 5.65. The molecular formula is C7H8BrNO2S. The largest absolute Gasteiger partial charge is 0.284 e. The number of aryl methyl sites for hydroxylation is 1. The molecule has 0 aliphatic rings. The molecule has 12 heavy (non-hydrogen) atoms. The monoisotopic (exact) mass is 249 g/mol. The van der Waals surface area contributed by atoms with Gasteiger partial charge in [-0.25, -0.2) is 5.48 Å². The molecule has 0 spiro atoms. The second-order valence-corrected chi connectivity index (χ2v) is 4.57. The Bertz CT molecular complexity index is 278. The van der Waals surface area contributed by atoms with Gasteiger partial charge in [-0.05, 0) is 34.5 Å². The molecule has 3 nitrogen and oxygen atoms in total. The first kappa shape index (κ1) is 9.70. The van der Waals surface area contributed by atoms with E-state index >= 15 is 0 Å². The number of hydroxylamine groups is 1. The molecule has 5 heteroatoms. The van der Waals surface area contributed by atoms with E-state index in [-0.39, 0.29) is 5.91 Å². The van der Waals surface area contributed by atoms with Crippen molar-refractivity contribution in [3.8, 4) is 0 Å². The summed E-state index contributed by atoms with van der Waals surface area (Å²) in [6.07, 6.45) is 0. The SMILES string of the molecule is CONC(=O)c1cc(C)c(Br)s1. The molecule has 0 aromatic carbocycles. The van der Waals surface area contributed by atoms with Crippen LogP contribution >= 0.6 is 27.3 Å². The molecule has 0 atom stereocenters. The summed E-state index contributed by atoms with van der Waals surface area (Å²) in [6, 6.07) is 1.81. The van der Waals surface area contributed by atoms with Crippen LogP contribution in [0.15, 0.2) is 9.85 Å². The summed E-state index contributed by atoms with van der Waals surface area (Å²) >= 11 is 4.72. The molecule has 0 aliphatic heterocycles. The molecule has 0 saturated carbocycles. The van der Waals surface area contributed by atoms with E-state index in [1.807, 2.05) is 13.0 Å². The summed E-state index contributed by atoms with van der Waals surface area (Å²) in [7, 11) is 1.41. The van der Waals surface area contributed by atoms with Crippen LogP contribution in [0.4, 0.5) is 0 Å². The van der Waals surface area contributed by atoms with Crippen LogP contribution in [0.3, 0.4) is 0 Å². The first-order valence-electron chi connectivity index (χ1n) is 3.24. The number of hydrogen-bond acceptors (Lipinski definition) is 3. The summed E-state index contributed by atoms with van der Waals surface area (Å²) in [5.74, 6) is -0.212. The van der Waals surface area contributed by atoms with Crippen molar-refractivity contribution >= 4 is 33.2 Å². The van der Waals surface area contributed by atoms with Crippen LogP contribution in [-0.2, 0) is 4.84 Å². The number of thiophene rings is 1. The Morgan fingerprint density at radius 3 is 2.83 bits per heavy atom. The molecule has 0 radical (unpaired) electrons. The number of carbonyl (C=O) groups is 1. The first-order valence-corrected chi connectivity index (χ1v) is 4.85. The molecule has 1 aromatic heterocycles. The van der Waals surface area contributed by atoms with Gasteiger partial charge in [0.1, 0.15) is 0 Å². The Kier molecular flexibility index (Phi) is 3.25. The van der Waals surface area contributed by atoms with Crippen molar-refractivity contribution in [2.24, 2.45) is 0 Å². The Hall–Kier alpha value is -0.390. The van der Waals surface area contributed by atoms with Crippen LogP contribution in [-0.4, -0.2) is 13.0 Å². The molecule has 1 aromatic rings. The highest BCUT2D eigenvalue weighted by atomic mass is 79.9. The summed E-state index contributed by atoms with van der Waals surface area (Å²) in [5.41, 5.74) is 3.31. The van der Waals surface area contributed by atoms with E-state index < -0.39 is 0 Å². The summed E-state index contributed by atoms with van der Waals surface area (Å²) < 4.78 is 0.976. The van der Waals surface area contributed by atoms with Crippen LogP contribution in [0.5, 0.6) is 0 Å². The van der Waals surface area contributed by atoms with Crippen molar-refractivity contribution in [2.75, 3.05) is 7.11 Å². The molecule has 1 amide bonds. The Balaban J connectivity index is 2.82. The molecule has 66 valence electrons. The van der Waals surface area contributed by atoms with Crippen LogP contribution in [0.1, 0.15) is 15.2 Å². The zero-order valence-corrected chi connectivity index (χ0v) is 9.08. The average Bonchev–Trinajstić information content (AvgIpc) is 2.33. The third-order valence-corrected chi connectivity index (χ3v) is 3.41. The standard InChI is InChI=1S/C7H8BrNO2S/c1-4-3-5(12-6(4)8)7(10)9-11-2/h3H,1-2H3,(H,9,10). The molecule has 0 fully saturated rings. The zero-order chi connectivity index (χ0) is 9.14. The Morgan fingerprint density at radius 1 is 1.75 bits per heavy atom. The summed E-state index contributed by atoms with van der Waals surface area (Å²) in [4.78, 5) is 16.3. The lowest BCUT2D eigenvalue weighted by Crippen LogP contribution is -2.20. The van der Waals surface area contributed by atoms with E-state index in [2.05, 4.69) is 26.2 Å². The minimum absolute atomic E-state index is 0.212. The molecule has 1 heterocycles. The van der Waals surface area contributed by atoms with Crippen LogP contribution in [0, 0.1) is 6.92 Å². The van der Waals surface area contributed by atoms with Crippen LogP contribution < -0.4 is 5.48 Å². The van der Waals surface area contributed by atoms with Gasteiger partial charge in [0, 0.05) is 0 Å². The average molecular weight is 250 g/mol. The number of carbonyl (C=O) groups excluding carboxylic acids is 1. The van der Waals surface area contributed by atoms with E-state index in [0.29, 0.717) is 4.88 Å². The minimum Gasteiger partial charge on any atom is -0.277 e. The molecule has 1 rings (SSSR count). The molecule has 1 N–H and O–H groups in total. The van der Waals surface area contributed by atoms with Gasteiger partial charge in [-0.2, -0.15) is 0 Å². The fraction of sp³-hybridized carbons (Fsp3) is 0.286.